The Balaban J connectivity index is 2.83. The first-order valence-corrected chi connectivity index (χ1v) is 5.42. The number of nitro benzene ring substituents is 1. The maximum absolute atomic E-state index is 13.3. The SMILES string of the molecule is CNCCC(O)C(O)c1ccc([N+](=O)[O-])c(F)c1. The lowest BCUT2D eigenvalue weighted by atomic mass is 10.0. The molecule has 2 atom stereocenters. The highest BCUT2D eigenvalue weighted by Gasteiger charge is 2.21. The molecule has 7 heteroatoms. The smallest absolute Gasteiger partial charge is 0.304 e. The number of halogens is 1. The molecule has 0 aliphatic heterocycles. The summed E-state index contributed by atoms with van der Waals surface area (Å²) < 4.78 is 13.3. The van der Waals surface area contributed by atoms with Gasteiger partial charge in [0.2, 0.25) is 5.82 Å². The van der Waals surface area contributed by atoms with Crippen molar-refractivity contribution in [2.24, 2.45) is 0 Å². The van der Waals surface area contributed by atoms with E-state index in [2.05, 4.69) is 5.32 Å². The van der Waals surface area contributed by atoms with Crippen LogP contribution in [0.3, 0.4) is 0 Å². The van der Waals surface area contributed by atoms with Gasteiger partial charge in [0.1, 0.15) is 6.10 Å². The van der Waals surface area contributed by atoms with Crippen LogP contribution in [0.15, 0.2) is 18.2 Å². The van der Waals surface area contributed by atoms with Gasteiger partial charge in [0.15, 0.2) is 0 Å². The molecule has 0 fully saturated rings. The fourth-order valence-electron chi connectivity index (χ4n) is 1.53. The normalized spacial score (nSPS) is 14.2. The first kappa shape index (κ1) is 14.5. The van der Waals surface area contributed by atoms with Crippen LogP contribution >= 0.6 is 0 Å². The van der Waals surface area contributed by atoms with Crippen molar-refractivity contribution in [1.29, 1.82) is 0 Å². The molecule has 1 aromatic carbocycles. The van der Waals surface area contributed by atoms with Crippen molar-refractivity contribution in [2.45, 2.75) is 18.6 Å². The standard InChI is InChI=1S/C11H15FN2O4/c1-13-5-4-10(15)11(16)7-2-3-9(14(17)18)8(12)6-7/h2-3,6,10-11,13,15-16H,4-5H2,1H3. The van der Waals surface area contributed by atoms with Gasteiger partial charge in [-0.25, -0.2) is 0 Å². The first-order valence-electron chi connectivity index (χ1n) is 5.42. The molecular formula is C11H15FN2O4. The molecule has 0 bridgehead atoms. The zero-order chi connectivity index (χ0) is 13.7. The second-order valence-electron chi connectivity index (χ2n) is 3.87. The quantitative estimate of drug-likeness (QED) is 0.516. The van der Waals surface area contributed by atoms with Crippen molar-refractivity contribution in [3.63, 3.8) is 0 Å². The number of hydrogen-bond acceptors (Lipinski definition) is 5. The van der Waals surface area contributed by atoms with Gasteiger partial charge in [0.25, 0.3) is 0 Å². The van der Waals surface area contributed by atoms with Gasteiger partial charge < -0.3 is 15.5 Å². The van der Waals surface area contributed by atoms with Crippen molar-refractivity contribution in [2.75, 3.05) is 13.6 Å². The van der Waals surface area contributed by atoms with E-state index in [1.807, 2.05) is 0 Å². The predicted octanol–water partition coefficient (Wildman–Crippen LogP) is 0.738. The number of nitrogens with zero attached hydrogens (tertiary/aromatic N) is 1. The largest absolute Gasteiger partial charge is 0.390 e. The van der Waals surface area contributed by atoms with Gasteiger partial charge in [-0.05, 0) is 37.7 Å². The summed E-state index contributed by atoms with van der Waals surface area (Å²) in [6, 6.07) is 3.07. The van der Waals surface area contributed by atoms with E-state index in [9.17, 15) is 24.7 Å². The predicted molar refractivity (Wildman–Crippen MR) is 62.6 cm³/mol. The molecule has 0 saturated carbocycles. The molecule has 1 rings (SSSR count). The maximum Gasteiger partial charge on any atom is 0.304 e. The van der Waals surface area contributed by atoms with E-state index in [0.29, 0.717) is 6.54 Å². The topological polar surface area (TPSA) is 95.6 Å². The summed E-state index contributed by atoms with van der Waals surface area (Å²) in [5.74, 6) is -1.03. The van der Waals surface area contributed by atoms with Crippen LogP contribution in [0.1, 0.15) is 18.1 Å². The van der Waals surface area contributed by atoms with E-state index in [1.165, 1.54) is 6.07 Å². The van der Waals surface area contributed by atoms with Crippen LogP contribution in [0.2, 0.25) is 0 Å². The second-order valence-corrected chi connectivity index (χ2v) is 3.87. The highest BCUT2D eigenvalue weighted by Crippen LogP contribution is 2.24. The number of nitro groups is 1. The minimum atomic E-state index is -1.27. The van der Waals surface area contributed by atoms with E-state index < -0.39 is 28.6 Å². The summed E-state index contributed by atoms with van der Waals surface area (Å²) in [5, 5.41) is 32.6. The highest BCUT2D eigenvalue weighted by atomic mass is 19.1. The Labute approximate surface area is 103 Å². The Morgan fingerprint density at radius 3 is 2.67 bits per heavy atom. The van der Waals surface area contributed by atoms with Crippen LogP contribution in [0.4, 0.5) is 10.1 Å². The van der Waals surface area contributed by atoms with E-state index in [0.717, 1.165) is 12.1 Å². The third-order valence-corrected chi connectivity index (χ3v) is 2.56. The summed E-state index contributed by atoms with van der Waals surface area (Å²) in [6.07, 6.45) is -2.04. The Kier molecular flexibility index (Phi) is 5.14. The molecule has 3 N–H and O–H groups in total. The zero-order valence-electron chi connectivity index (χ0n) is 9.84. The molecule has 0 aliphatic carbocycles. The van der Waals surface area contributed by atoms with Gasteiger partial charge in [-0.15, -0.1) is 0 Å². The number of nitrogens with one attached hydrogen (secondary N) is 1. The van der Waals surface area contributed by atoms with Crippen LogP contribution in [0, 0.1) is 15.9 Å². The molecule has 100 valence electrons. The van der Waals surface area contributed by atoms with Crippen molar-refractivity contribution >= 4 is 5.69 Å². The number of hydrogen-bond donors (Lipinski definition) is 3. The lowest BCUT2D eigenvalue weighted by molar-refractivity contribution is -0.387. The summed E-state index contributed by atoms with van der Waals surface area (Å²) in [5.41, 5.74) is -0.544. The molecule has 0 spiro atoms. The molecule has 0 radical (unpaired) electrons. The molecule has 6 nitrogen and oxygen atoms in total. The van der Waals surface area contributed by atoms with Crippen molar-refractivity contribution in [3.8, 4) is 0 Å². The van der Waals surface area contributed by atoms with E-state index in [1.54, 1.807) is 7.05 Å². The minimum absolute atomic E-state index is 0.113. The van der Waals surface area contributed by atoms with Gasteiger partial charge in [-0.3, -0.25) is 10.1 Å². The summed E-state index contributed by atoms with van der Waals surface area (Å²) >= 11 is 0. The highest BCUT2D eigenvalue weighted by molar-refractivity contribution is 5.36. The average Bonchev–Trinajstić information content (AvgIpc) is 2.34. The summed E-state index contributed by atoms with van der Waals surface area (Å²) in [7, 11) is 1.70. The molecule has 0 aliphatic rings. The lowest BCUT2D eigenvalue weighted by Gasteiger charge is -2.17. The van der Waals surface area contributed by atoms with Crippen molar-refractivity contribution < 1.29 is 19.5 Å². The summed E-state index contributed by atoms with van der Waals surface area (Å²) in [6.45, 7) is 0.494. The zero-order valence-corrected chi connectivity index (χ0v) is 9.84. The molecule has 0 amide bonds. The monoisotopic (exact) mass is 258 g/mol. The number of benzene rings is 1. The summed E-state index contributed by atoms with van der Waals surface area (Å²) in [4.78, 5) is 9.58. The Hall–Kier alpha value is -1.57. The maximum atomic E-state index is 13.3. The first-order chi connectivity index (χ1) is 8.47. The Morgan fingerprint density at radius 1 is 1.50 bits per heavy atom. The average molecular weight is 258 g/mol. The van der Waals surface area contributed by atoms with Crippen LogP contribution < -0.4 is 5.32 Å². The molecule has 0 saturated heterocycles. The Bertz CT molecular complexity index is 428. The van der Waals surface area contributed by atoms with Crippen LogP contribution in [0.25, 0.3) is 0 Å². The fourth-order valence-corrected chi connectivity index (χ4v) is 1.53. The molecular weight excluding hydrogens is 243 g/mol. The van der Waals surface area contributed by atoms with E-state index in [-0.39, 0.29) is 12.0 Å². The second kappa shape index (κ2) is 6.39. The van der Waals surface area contributed by atoms with Crippen molar-refractivity contribution in [1.82, 2.24) is 5.32 Å². The molecule has 2 unspecified atom stereocenters. The fraction of sp³-hybridized carbons (Fsp3) is 0.455. The van der Waals surface area contributed by atoms with Gasteiger partial charge in [-0.2, -0.15) is 4.39 Å². The molecule has 18 heavy (non-hydrogen) atoms. The number of aliphatic hydroxyl groups excluding tert-OH is 2. The van der Waals surface area contributed by atoms with Gasteiger partial charge in [-0.1, -0.05) is 0 Å². The van der Waals surface area contributed by atoms with Gasteiger partial charge in [0, 0.05) is 6.07 Å². The Morgan fingerprint density at radius 2 is 2.17 bits per heavy atom. The van der Waals surface area contributed by atoms with Crippen molar-refractivity contribution in [3.05, 3.63) is 39.7 Å². The van der Waals surface area contributed by atoms with E-state index >= 15 is 0 Å². The third-order valence-electron chi connectivity index (χ3n) is 2.56. The van der Waals surface area contributed by atoms with Gasteiger partial charge in [0.05, 0.1) is 11.0 Å². The molecule has 0 heterocycles. The van der Waals surface area contributed by atoms with Crippen LogP contribution in [-0.4, -0.2) is 34.8 Å². The van der Waals surface area contributed by atoms with Crippen LogP contribution in [0.5, 0.6) is 0 Å². The molecule has 0 aromatic heterocycles. The minimum Gasteiger partial charge on any atom is -0.390 e. The third kappa shape index (κ3) is 3.46. The van der Waals surface area contributed by atoms with Gasteiger partial charge >= 0.3 is 5.69 Å². The van der Waals surface area contributed by atoms with E-state index in [4.69, 9.17) is 0 Å². The van der Waals surface area contributed by atoms with Crippen LogP contribution in [-0.2, 0) is 0 Å². The number of aliphatic hydroxyl groups is 2. The lowest BCUT2D eigenvalue weighted by Crippen LogP contribution is -2.23. The molecule has 1 aromatic rings. The number of rotatable bonds is 6.